The average molecular weight is 236 g/mol. The smallest absolute Gasteiger partial charge is 0.271 e. The Morgan fingerprint density at radius 2 is 2.18 bits per heavy atom. The number of hydrogen-bond donors (Lipinski definition) is 2. The van der Waals surface area contributed by atoms with E-state index >= 15 is 0 Å². The van der Waals surface area contributed by atoms with Gasteiger partial charge in [0.25, 0.3) is 5.91 Å². The number of nitrogens with one attached hydrogen (secondary N) is 2. The first-order valence-corrected chi connectivity index (χ1v) is 5.97. The highest BCUT2D eigenvalue weighted by Crippen LogP contribution is 2.02. The minimum Gasteiger partial charge on any atom is -0.369 e. The second-order valence-electron chi connectivity index (χ2n) is 4.26. The van der Waals surface area contributed by atoms with Gasteiger partial charge in [-0.1, -0.05) is 13.8 Å². The molecule has 0 aliphatic carbocycles. The molecule has 94 valence electrons. The van der Waals surface area contributed by atoms with Crippen LogP contribution in [0.25, 0.3) is 0 Å². The molecule has 0 atom stereocenters. The lowest BCUT2D eigenvalue weighted by Gasteiger charge is -2.07. The van der Waals surface area contributed by atoms with Crippen molar-refractivity contribution in [2.45, 2.75) is 27.2 Å². The van der Waals surface area contributed by atoms with Gasteiger partial charge in [-0.3, -0.25) is 9.78 Å². The van der Waals surface area contributed by atoms with Gasteiger partial charge in [-0.2, -0.15) is 0 Å². The summed E-state index contributed by atoms with van der Waals surface area (Å²) in [4.78, 5) is 19.9. The van der Waals surface area contributed by atoms with Crippen LogP contribution in [0.4, 0.5) is 5.82 Å². The van der Waals surface area contributed by atoms with E-state index in [0.717, 1.165) is 13.0 Å². The van der Waals surface area contributed by atoms with Crippen LogP contribution in [-0.2, 0) is 0 Å². The summed E-state index contributed by atoms with van der Waals surface area (Å²) in [6.45, 7) is 7.64. The molecule has 1 aromatic rings. The monoisotopic (exact) mass is 236 g/mol. The van der Waals surface area contributed by atoms with Crippen molar-refractivity contribution >= 4 is 11.7 Å². The Hall–Kier alpha value is -1.65. The molecule has 1 rings (SSSR count). The van der Waals surface area contributed by atoms with Gasteiger partial charge in [-0.05, 0) is 19.3 Å². The summed E-state index contributed by atoms with van der Waals surface area (Å²) in [5.41, 5.74) is 0.354. The molecule has 0 unspecified atom stereocenters. The second kappa shape index (κ2) is 6.83. The van der Waals surface area contributed by atoms with Gasteiger partial charge >= 0.3 is 0 Å². The van der Waals surface area contributed by atoms with Gasteiger partial charge in [0, 0.05) is 13.1 Å². The molecule has 0 saturated heterocycles. The summed E-state index contributed by atoms with van der Waals surface area (Å²) < 4.78 is 0. The van der Waals surface area contributed by atoms with Crippen molar-refractivity contribution in [2.75, 3.05) is 18.4 Å². The quantitative estimate of drug-likeness (QED) is 0.788. The number of rotatable bonds is 6. The van der Waals surface area contributed by atoms with E-state index in [2.05, 4.69) is 34.4 Å². The molecular weight excluding hydrogens is 216 g/mol. The SMILES string of the molecule is CCNc1cncc(C(=O)NCCC(C)C)n1. The predicted octanol–water partition coefficient (Wildman–Crippen LogP) is 1.68. The van der Waals surface area contributed by atoms with Crippen molar-refractivity contribution in [3.8, 4) is 0 Å². The lowest BCUT2D eigenvalue weighted by atomic mass is 10.1. The van der Waals surface area contributed by atoms with E-state index in [0.29, 0.717) is 24.0 Å². The number of aromatic nitrogens is 2. The van der Waals surface area contributed by atoms with E-state index in [-0.39, 0.29) is 5.91 Å². The minimum absolute atomic E-state index is 0.169. The topological polar surface area (TPSA) is 66.9 Å². The molecule has 0 aliphatic rings. The zero-order chi connectivity index (χ0) is 12.7. The van der Waals surface area contributed by atoms with Gasteiger partial charge in [-0.25, -0.2) is 4.98 Å². The predicted molar refractivity (Wildman–Crippen MR) is 68.0 cm³/mol. The Kier molecular flexibility index (Phi) is 5.39. The summed E-state index contributed by atoms with van der Waals surface area (Å²) in [5, 5.41) is 5.85. The highest BCUT2D eigenvalue weighted by atomic mass is 16.1. The van der Waals surface area contributed by atoms with E-state index in [1.165, 1.54) is 6.20 Å². The fourth-order valence-corrected chi connectivity index (χ4v) is 1.31. The van der Waals surface area contributed by atoms with Crippen LogP contribution in [0.15, 0.2) is 12.4 Å². The summed E-state index contributed by atoms with van der Waals surface area (Å²) in [6.07, 6.45) is 4.05. The molecule has 0 radical (unpaired) electrons. The lowest BCUT2D eigenvalue weighted by Crippen LogP contribution is -2.26. The number of hydrogen-bond acceptors (Lipinski definition) is 4. The molecular formula is C12H20N4O. The molecule has 0 spiro atoms. The fourth-order valence-electron chi connectivity index (χ4n) is 1.31. The van der Waals surface area contributed by atoms with Crippen molar-refractivity contribution in [1.29, 1.82) is 0 Å². The molecule has 1 amide bonds. The minimum atomic E-state index is -0.169. The third-order valence-electron chi connectivity index (χ3n) is 2.23. The third kappa shape index (κ3) is 4.80. The number of amides is 1. The maximum absolute atomic E-state index is 11.7. The Bertz CT molecular complexity index is 365. The molecule has 5 nitrogen and oxygen atoms in total. The van der Waals surface area contributed by atoms with Crippen LogP contribution in [-0.4, -0.2) is 29.0 Å². The number of carbonyl (C=O) groups is 1. The standard InChI is InChI=1S/C12H20N4O/c1-4-14-11-8-13-7-10(16-11)12(17)15-6-5-9(2)3/h7-9H,4-6H2,1-3H3,(H,14,16)(H,15,17). The van der Waals surface area contributed by atoms with Crippen LogP contribution < -0.4 is 10.6 Å². The molecule has 0 aromatic carbocycles. The lowest BCUT2D eigenvalue weighted by molar-refractivity contribution is 0.0946. The van der Waals surface area contributed by atoms with Gasteiger partial charge in [0.2, 0.25) is 0 Å². The zero-order valence-corrected chi connectivity index (χ0v) is 10.7. The van der Waals surface area contributed by atoms with E-state index in [9.17, 15) is 4.79 Å². The van der Waals surface area contributed by atoms with Gasteiger partial charge in [-0.15, -0.1) is 0 Å². The largest absolute Gasteiger partial charge is 0.369 e. The number of nitrogens with zero attached hydrogens (tertiary/aromatic N) is 2. The van der Waals surface area contributed by atoms with Gasteiger partial charge < -0.3 is 10.6 Å². The number of carbonyl (C=O) groups excluding carboxylic acids is 1. The fraction of sp³-hybridized carbons (Fsp3) is 0.583. The van der Waals surface area contributed by atoms with Crippen molar-refractivity contribution in [3.63, 3.8) is 0 Å². The first-order chi connectivity index (χ1) is 8.13. The summed E-state index contributed by atoms with van der Waals surface area (Å²) in [7, 11) is 0. The van der Waals surface area contributed by atoms with Crippen molar-refractivity contribution < 1.29 is 4.79 Å². The van der Waals surface area contributed by atoms with Crippen LogP contribution in [0.3, 0.4) is 0 Å². The zero-order valence-electron chi connectivity index (χ0n) is 10.7. The Morgan fingerprint density at radius 1 is 1.41 bits per heavy atom. The van der Waals surface area contributed by atoms with E-state index in [4.69, 9.17) is 0 Å². The highest BCUT2D eigenvalue weighted by Gasteiger charge is 2.08. The molecule has 17 heavy (non-hydrogen) atoms. The molecule has 0 saturated carbocycles. The average Bonchev–Trinajstić information content (AvgIpc) is 2.29. The maximum atomic E-state index is 11.7. The maximum Gasteiger partial charge on any atom is 0.271 e. The molecule has 2 N–H and O–H groups in total. The van der Waals surface area contributed by atoms with Crippen molar-refractivity contribution in [2.24, 2.45) is 5.92 Å². The summed E-state index contributed by atoms with van der Waals surface area (Å²) in [5.74, 6) is 1.04. The molecule has 0 fully saturated rings. The summed E-state index contributed by atoms with van der Waals surface area (Å²) in [6, 6.07) is 0. The first kappa shape index (κ1) is 13.4. The third-order valence-corrected chi connectivity index (χ3v) is 2.23. The summed E-state index contributed by atoms with van der Waals surface area (Å²) >= 11 is 0. The van der Waals surface area contributed by atoms with E-state index < -0.39 is 0 Å². The van der Waals surface area contributed by atoms with Crippen LogP contribution in [0.2, 0.25) is 0 Å². The van der Waals surface area contributed by atoms with Crippen molar-refractivity contribution in [1.82, 2.24) is 15.3 Å². The van der Waals surface area contributed by atoms with E-state index in [1.807, 2.05) is 6.92 Å². The van der Waals surface area contributed by atoms with E-state index in [1.54, 1.807) is 6.20 Å². The Labute approximate surface area is 102 Å². The van der Waals surface area contributed by atoms with Crippen LogP contribution in [0.5, 0.6) is 0 Å². The molecule has 0 aliphatic heterocycles. The van der Waals surface area contributed by atoms with Gasteiger partial charge in [0.05, 0.1) is 12.4 Å². The van der Waals surface area contributed by atoms with Crippen molar-refractivity contribution in [3.05, 3.63) is 18.1 Å². The first-order valence-electron chi connectivity index (χ1n) is 5.97. The van der Waals surface area contributed by atoms with Crippen LogP contribution >= 0.6 is 0 Å². The highest BCUT2D eigenvalue weighted by molar-refractivity contribution is 5.92. The van der Waals surface area contributed by atoms with Crippen LogP contribution in [0, 0.1) is 5.92 Å². The molecule has 0 bridgehead atoms. The normalized spacial score (nSPS) is 10.4. The Morgan fingerprint density at radius 3 is 2.82 bits per heavy atom. The molecule has 1 aromatic heterocycles. The molecule has 5 heteroatoms. The van der Waals surface area contributed by atoms with Crippen LogP contribution in [0.1, 0.15) is 37.7 Å². The number of anilines is 1. The van der Waals surface area contributed by atoms with Gasteiger partial charge in [0.1, 0.15) is 11.5 Å². The van der Waals surface area contributed by atoms with Gasteiger partial charge in [0.15, 0.2) is 0 Å². The Balaban J connectivity index is 2.53. The second-order valence-corrected chi connectivity index (χ2v) is 4.26. The molecule has 1 heterocycles.